The van der Waals surface area contributed by atoms with Gasteiger partial charge in [0.05, 0.1) is 10.6 Å². The smallest absolute Gasteiger partial charge is 0.343 e. The fourth-order valence-electron chi connectivity index (χ4n) is 1.80. The zero-order valence-corrected chi connectivity index (χ0v) is 14.0. The van der Waals surface area contributed by atoms with Crippen LogP contribution in [0.3, 0.4) is 0 Å². The molecule has 2 aromatic rings. The van der Waals surface area contributed by atoms with Crippen molar-refractivity contribution in [3.63, 3.8) is 0 Å². The summed E-state index contributed by atoms with van der Waals surface area (Å²) in [5, 5.41) is 14.1. The summed E-state index contributed by atoms with van der Waals surface area (Å²) in [5.41, 5.74) is 0.439. The highest BCUT2D eigenvalue weighted by Crippen LogP contribution is 2.22. The Morgan fingerprint density at radius 3 is 2.40 bits per heavy atom. The third-order valence-electron chi connectivity index (χ3n) is 2.94. The van der Waals surface area contributed by atoms with Crippen molar-refractivity contribution in [1.29, 1.82) is 0 Å². The molecule has 9 nitrogen and oxygen atoms in total. The van der Waals surface area contributed by atoms with Crippen LogP contribution in [0, 0.1) is 10.1 Å². The lowest BCUT2D eigenvalue weighted by molar-refractivity contribution is -0.763. The predicted octanol–water partition coefficient (Wildman–Crippen LogP) is 1.91. The molecule has 0 saturated carbocycles. The van der Waals surface area contributed by atoms with Crippen LogP contribution in [0.1, 0.15) is 15.9 Å². The minimum Gasteiger partial charge on any atom is -0.423 e. The van der Waals surface area contributed by atoms with E-state index in [-0.39, 0.29) is 22.9 Å². The molecule has 2 rings (SSSR count). The molecule has 0 spiro atoms. The molecule has 0 aliphatic carbocycles. The largest absolute Gasteiger partial charge is 0.423 e. The van der Waals surface area contributed by atoms with E-state index < -0.39 is 26.0 Å². The molecule has 25 heavy (non-hydrogen) atoms. The zero-order chi connectivity index (χ0) is 18.6. The van der Waals surface area contributed by atoms with Crippen molar-refractivity contribution < 1.29 is 27.9 Å². The van der Waals surface area contributed by atoms with Gasteiger partial charge in [0.25, 0.3) is 5.09 Å². The number of carbonyl (C=O) groups excluding carboxylic acids is 1. The molecular formula is C14H11ClN2O7S. The Morgan fingerprint density at radius 2 is 1.84 bits per heavy atom. The number of nitrogens with two attached hydrogens (primary N) is 1. The van der Waals surface area contributed by atoms with E-state index >= 15 is 0 Å². The number of primary sulfonamides is 1. The van der Waals surface area contributed by atoms with Crippen molar-refractivity contribution in [3.05, 3.63) is 68.7 Å². The molecule has 0 bridgehead atoms. The molecule has 0 unspecified atom stereocenters. The molecule has 11 heteroatoms. The molecule has 0 saturated heterocycles. The summed E-state index contributed by atoms with van der Waals surface area (Å²) in [5.74, 6) is -0.669. The Balaban J connectivity index is 2.13. The van der Waals surface area contributed by atoms with Gasteiger partial charge in [-0.25, -0.2) is 18.4 Å². The van der Waals surface area contributed by atoms with E-state index in [1.165, 1.54) is 36.4 Å². The molecule has 0 radical (unpaired) electrons. The fraction of sp³-hybridized carbons (Fsp3) is 0.0714. The van der Waals surface area contributed by atoms with Crippen LogP contribution < -0.4 is 9.88 Å². The van der Waals surface area contributed by atoms with Gasteiger partial charge in [-0.3, -0.25) is 0 Å². The van der Waals surface area contributed by atoms with E-state index in [1.807, 2.05) is 0 Å². The van der Waals surface area contributed by atoms with Gasteiger partial charge in [-0.2, -0.15) is 0 Å². The maximum absolute atomic E-state index is 12.1. The monoisotopic (exact) mass is 386 g/mol. The highest BCUT2D eigenvalue weighted by Gasteiger charge is 2.17. The summed E-state index contributed by atoms with van der Waals surface area (Å²) in [7, 11) is -4.09. The maximum Gasteiger partial charge on any atom is 0.343 e. The first-order chi connectivity index (χ1) is 11.7. The number of halogens is 1. The standard InChI is InChI=1S/C14H11ClN2O7S/c15-12-6-3-10(7-13(12)25(16,21)22)14(18)24-11-4-1-9(2-5-11)8-23-17(19)20/h1-7H,8H2,(H2,16,21,22). The zero-order valence-electron chi connectivity index (χ0n) is 12.4. The highest BCUT2D eigenvalue weighted by molar-refractivity contribution is 7.89. The quantitative estimate of drug-likeness (QED) is 0.346. The van der Waals surface area contributed by atoms with Gasteiger partial charge in [0.15, 0.2) is 0 Å². The second-order valence-corrected chi connectivity index (χ2v) is 6.66. The summed E-state index contributed by atoms with van der Waals surface area (Å²) in [6, 6.07) is 9.29. The molecular weight excluding hydrogens is 376 g/mol. The average Bonchev–Trinajstić information content (AvgIpc) is 2.53. The Labute approximate surface area is 147 Å². The van der Waals surface area contributed by atoms with Crippen LogP contribution in [0.15, 0.2) is 47.4 Å². The Hall–Kier alpha value is -2.69. The second kappa shape index (κ2) is 7.47. The lowest BCUT2D eigenvalue weighted by atomic mass is 10.2. The molecule has 132 valence electrons. The molecule has 0 atom stereocenters. The Morgan fingerprint density at radius 1 is 1.20 bits per heavy atom. The van der Waals surface area contributed by atoms with Gasteiger partial charge >= 0.3 is 5.97 Å². The average molecular weight is 387 g/mol. The normalized spacial score (nSPS) is 11.0. The summed E-state index contributed by atoms with van der Waals surface area (Å²) in [6.07, 6.45) is 0. The number of rotatable bonds is 6. The number of benzene rings is 2. The van der Waals surface area contributed by atoms with E-state index in [0.717, 1.165) is 6.07 Å². The van der Waals surface area contributed by atoms with Gasteiger partial charge in [0.1, 0.15) is 17.3 Å². The first-order valence-corrected chi connectivity index (χ1v) is 8.50. The minimum atomic E-state index is -4.09. The number of esters is 1. The topological polar surface area (TPSA) is 139 Å². The van der Waals surface area contributed by atoms with Crippen molar-refractivity contribution in [3.8, 4) is 5.75 Å². The van der Waals surface area contributed by atoms with Crippen molar-refractivity contribution >= 4 is 27.6 Å². The van der Waals surface area contributed by atoms with Crippen LogP contribution in [0.5, 0.6) is 5.75 Å². The van der Waals surface area contributed by atoms with Crippen molar-refractivity contribution in [2.75, 3.05) is 0 Å². The second-order valence-electron chi connectivity index (χ2n) is 4.72. The van der Waals surface area contributed by atoms with Gasteiger partial charge in [-0.05, 0) is 35.9 Å². The maximum atomic E-state index is 12.1. The van der Waals surface area contributed by atoms with Gasteiger partial charge in [0.2, 0.25) is 10.0 Å². The van der Waals surface area contributed by atoms with Gasteiger partial charge in [0, 0.05) is 0 Å². The third kappa shape index (κ3) is 5.14. The highest BCUT2D eigenvalue weighted by atomic mass is 35.5. The summed E-state index contributed by atoms with van der Waals surface area (Å²) in [4.78, 5) is 26.0. The third-order valence-corrected chi connectivity index (χ3v) is 4.34. The molecule has 0 aromatic heterocycles. The van der Waals surface area contributed by atoms with Gasteiger partial charge in [-0.15, -0.1) is 10.1 Å². The Kier molecular flexibility index (Phi) is 5.57. The van der Waals surface area contributed by atoms with E-state index in [1.54, 1.807) is 0 Å². The summed E-state index contributed by atoms with van der Waals surface area (Å²) >= 11 is 5.74. The van der Waals surface area contributed by atoms with Crippen LogP contribution in [-0.4, -0.2) is 19.5 Å². The van der Waals surface area contributed by atoms with Crippen LogP contribution >= 0.6 is 11.6 Å². The van der Waals surface area contributed by atoms with E-state index in [0.29, 0.717) is 5.56 Å². The lowest BCUT2D eigenvalue weighted by Crippen LogP contribution is -2.15. The van der Waals surface area contributed by atoms with E-state index in [4.69, 9.17) is 21.5 Å². The minimum absolute atomic E-state index is 0.0609. The van der Waals surface area contributed by atoms with Crippen LogP contribution in [0.2, 0.25) is 5.02 Å². The van der Waals surface area contributed by atoms with Crippen molar-refractivity contribution in [1.82, 2.24) is 0 Å². The lowest BCUT2D eigenvalue weighted by Gasteiger charge is -2.07. The van der Waals surface area contributed by atoms with E-state index in [9.17, 15) is 23.3 Å². The predicted molar refractivity (Wildman–Crippen MR) is 86.0 cm³/mol. The first kappa shape index (κ1) is 18.6. The van der Waals surface area contributed by atoms with Gasteiger partial charge < -0.3 is 9.57 Å². The molecule has 0 aliphatic rings. The molecule has 0 amide bonds. The number of carbonyl (C=O) groups is 1. The first-order valence-electron chi connectivity index (χ1n) is 6.57. The molecule has 0 aliphatic heterocycles. The number of nitrogens with zero attached hydrogens (tertiary/aromatic N) is 1. The van der Waals surface area contributed by atoms with Crippen LogP contribution in [-0.2, 0) is 21.5 Å². The molecule has 2 aromatic carbocycles. The molecule has 0 heterocycles. The summed E-state index contributed by atoms with van der Waals surface area (Å²) in [6.45, 7) is -0.240. The van der Waals surface area contributed by atoms with Crippen LogP contribution in [0.4, 0.5) is 0 Å². The van der Waals surface area contributed by atoms with Crippen molar-refractivity contribution in [2.45, 2.75) is 11.5 Å². The number of sulfonamides is 1. The SMILES string of the molecule is NS(=O)(=O)c1cc(C(=O)Oc2ccc(CO[N+](=O)[O-])cc2)ccc1Cl. The summed E-state index contributed by atoms with van der Waals surface area (Å²) < 4.78 is 27.9. The Bertz CT molecular complexity index is 913. The van der Waals surface area contributed by atoms with E-state index in [2.05, 4.69) is 4.84 Å². The van der Waals surface area contributed by atoms with Gasteiger partial charge in [-0.1, -0.05) is 23.7 Å². The molecule has 0 fully saturated rings. The van der Waals surface area contributed by atoms with Crippen LogP contribution in [0.25, 0.3) is 0 Å². The molecule has 2 N–H and O–H groups in total. The number of hydrogen-bond acceptors (Lipinski definition) is 7. The van der Waals surface area contributed by atoms with Crippen molar-refractivity contribution in [2.24, 2.45) is 5.14 Å². The number of ether oxygens (including phenoxy) is 1. The fourth-order valence-corrected chi connectivity index (χ4v) is 2.87. The number of hydrogen-bond donors (Lipinski definition) is 1.